The molecule has 5 nitrogen and oxygen atoms in total. The minimum absolute atomic E-state index is 0.0477. The molecule has 2 N–H and O–H groups in total. The smallest absolute Gasteiger partial charge is 0.305 e. The first-order valence-electron chi connectivity index (χ1n) is 10.6. The van der Waals surface area contributed by atoms with E-state index in [1.54, 1.807) is 41.3 Å². The Morgan fingerprint density at radius 1 is 0.969 bits per heavy atom. The quantitative estimate of drug-likeness (QED) is 0.471. The van der Waals surface area contributed by atoms with Crippen molar-refractivity contribution in [2.75, 3.05) is 11.9 Å². The van der Waals surface area contributed by atoms with Crippen LogP contribution in [0.25, 0.3) is 11.1 Å². The van der Waals surface area contributed by atoms with E-state index in [0.717, 1.165) is 5.56 Å². The Morgan fingerprint density at radius 3 is 2.31 bits per heavy atom. The fraction of sp³-hybridized carbons (Fsp3) is 0.231. The molecule has 0 aliphatic heterocycles. The van der Waals surface area contributed by atoms with Gasteiger partial charge in [0.05, 0.1) is 6.42 Å². The highest BCUT2D eigenvalue weighted by atomic mass is 19.1. The van der Waals surface area contributed by atoms with Crippen molar-refractivity contribution in [3.63, 3.8) is 0 Å². The van der Waals surface area contributed by atoms with Gasteiger partial charge in [-0.2, -0.15) is 0 Å². The summed E-state index contributed by atoms with van der Waals surface area (Å²) in [5.74, 6) is -1.53. The van der Waals surface area contributed by atoms with Crippen LogP contribution in [0.4, 0.5) is 10.1 Å². The number of benzene rings is 3. The Kier molecular flexibility index (Phi) is 7.60. The molecule has 0 saturated carbocycles. The van der Waals surface area contributed by atoms with Crippen LogP contribution >= 0.6 is 0 Å². The van der Waals surface area contributed by atoms with Crippen LogP contribution in [-0.4, -0.2) is 34.5 Å². The lowest BCUT2D eigenvalue weighted by Crippen LogP contribution is -2.36. The predicted octanol–water partition coefficient (Wildman–Crippen LogP) is 5.43. The number of carbonyl (C=O) groups is 2. The number of carbonyl (C=O) groups excluding carboxylic acids is 1. The zero-order valence-corrected chi connectivity index (χ0v) is 18.2. The van der Waals surface area contributed by atoms with Gasteiger partial charge in [-0.15, -0.1) is 0 Å². The zero-order chi connectivity index (χ0) is 23.1. The van der Waals surface area contributed by atoms with Crippen molar-refractivity contribution in [3.05, 3.63) is 89.7 Å². The van der Waals surface area contributed by atoms with Gasteiger partial charge < -0.3 is 15.3 Å². The van der Waals surface area contributed by atoms with Crippen LogP contribution in [0.2, 0.25) is 0 Å². The summed E-state index contributed by atoms with van der Waals surface area (Å²) in [7, 11) is 0. The fourth-order valence-corrected chi connectivity index (χ4v) is 3.48. The van der Waals surface area contributed by atoms with Crippen molar-refractivity contribution < 1.29 is 19.1 Å². The van der Waals surface area contributed by atoms with Crippen LogP contribution in [0.15, 0.2) is 72.8 Å². The molecule has 166 valence electrons. The van der Waals surface area contributed by atoms with Crippen molar-refractivity contribution >= 4 is 17.6 Å². The maximum absolute atomic E-state index is 14.7. The molecule has 0 aromatic heterocycles. The third kappa shape index (κ3) is 5.72. The maximum Gasteiger partial charge on any atom is 0.305 e. The first-order valence-corrected chi connectivity index (χ1v) is 10.6. The van der Waals surface area contributed by atoms with Crippen LogP contribution in [0.3, 0.4) is 0 Å². The molecule has 0 saturated heterocycles. The molecule has 3 aromatic rings. The summed E-state index contributed by atoms with van der Waals surface area (Å²) in [6.07, 6.45) is -0.0477. The van der Waals surface area contributed by atoms with Crippen LogP contribution in [0.1, 0.15) is 36.2 Å². The van der Waals surface area contributed by atoms with Gasteiger partial charge in [0, 0.05) is 35.9 Å². The number of anilines is 1. The van der Waals surface area contributed by atoms with Crippen LogP contribution < -0.4 is 5.32 Å². The summed E-state index contributed by atoms with van der Waals surface area (Å²) in [6.45, 7) is 4.56. The van der Waals surface area contributed by atoms with E-state index in [2.05, 4.69) is 5.32 Å². The molecule has 0 bridgehead atoms. The number of rotatable bonds is 9. The van der Waals surface area contributed by atoms with Gasteiger partial charge in [-0.3, -0.25) is 9.59 Å². The minimum atomic E-state index is -0.910. The highest BCUT2D eigenvalue weighted by Gasteiger charge is 2.23. The molecule has 3 rings (SSSR count). The van der Waals surface area contributed by atoms with Gasteiger partial charge in [0.1, 0.15) is 5.82 Å². The van der Waals surface area contributed by atoms with E-state index in [9.17, 15) is 14.0 Å². The van der Waals surface area contributed by atoms with E-state index in [-0.39, 0.29) is 24.9 Å². The summed E-state index contributed by atoms with van der Waals surface area (Å²) < 4.78 is 14.7. The van der Waals surface area contributed by atoms with Gasteiger partial charge in [0.2, 0.25) is 0 Å². The number of hydrogen-bond donors (Lipinski definition) is 2. The lowest BCUT2D eigenvalue weighted by atomic mass is 9.96. The van der Waals surface area contributed by atoms with E-state index in [1.165, 1.54) is 6.07 Å². The average molecular weight is 435 g/mol. The first kappa shape index (κ1) is 23.0. The Balaban J connectivity index is 2.00. The van der Waals surface area contributed by atoms with Gasteiger partial charge in [0.15, 0.2) is 0 Å². The van der Waals surface area contributed by atoms with E-state index in [0.29, 0.717) is 28.9 Å². The molecule has 3 aromatic carbocycles. The molecule has 0 heterocycles. The van der Waals surface area contributed by atoms with Gasteiger partial charge in [-0.05, 0) is 49.2 Å². The predicted molar refractivity (Wildman–Crippen MR) is 124 cm³/mol. The second kappa shape index (κ2) is 10.6. The number of hydrogen-bond acceptors (Lipinski definition) is 3. The third-order valence-electron chi connectivity index (χ3n) is 5.16. The Bertz CT molecular complexity index is 1080. The van der Waals surface area contributed by atoms with Crippen LogP contribution in [0.5, 0.6) is 0 Å². The fourth-order valence-electron chi connectivity index (χ4n) is 3.48. The Labute approximate surface area is 187 Å². The zero-order valence-electron chi connectivity index (χ0n) is 18.2. The molecule has 0 unspecified atom stereocenters. The van der Waals surface area contributed by atoms with E-state index in [4.69, 9.17) is 5.11 Å². The molecule has 1 amide bonds. The number of nitrogens with one attached hydrogen (secondary N) is 1. The second-order valence-corrected chi connectivity index (χ2v) is 7.82. The van der Waals surface area contributed by atoms with Crippen molar-refractivity contribution in [3.8, 4) is 11.1 Å². The normalized spacial score (nSPS) is 10.8. The highest BCUT2D eigenvalue weighted by Crippen LogP contribution is 2.31. The number of amides is 1. The molecular weight excluding hydrogens is 407 g/mol. The highest BCUT2D eigenvalue weighted by molar-refractivity contribution is 6.01. The molecular formula is C26H27FN2O3. The van der Waals surface area contributed by atoms with Crippen molar-refractivity contribution in [2.24, 2.45) is 0 Å². The van der Waals surface area contributed by atoms with Gasteiger partial charge in [0.25, 0.3) is 5.91 Å². The molecule has 0 radical (unpaired) electrons. The molecule has 0 fully saturated rings. The van der Waals surface area contributed by atoms with E-state index < -0.39 is 11.8 Å². The van der Waals surface area contributed by atoms with E-state index >= 15 is 0 Å². The second-order valence-electron chi connectivity index (χ2n) is 7.82. The number of halogens is 1. The topological polar surface area (TPSA) is 69.6 Å². The Hall–Kier alpha value is -3.67. The third-order valence-corrected chi connectivity index (χ3v) is 5.16. The summed E-state index contributed by atoms with van der Waals surface area (Å²) >= 11 is 0. The average Bonchev–Trinajstić information content (AvgIpc) is 2.77. The molecule has 6 heteroatoms. The maximum atomic E-state index is 14.7. The minimum Gasteiger partial charge on any atom is -0.481 e. The van der Waals surface area contributed by atoms with Crippen molar-refractivity contribution in [2.45, 2.75) is 32.9 Å². The summed E-state index contributed by atoms with van der Waals surface area (Å²) in [5.41, 5.74) is 2.81. The summed E-state index contributed by atoms with van der Waals surface area (Å²) in [5, 5.41) is 11.9. The molecule has 32 heavy (non-hydrogen) atoms. The number of nitrogens with zero attached hydrogens (tertiary/aromatic N) is 1. The standard InChI is InChI=1S/C26H27FN2O3/c1-18(2)29(17-19-8-4-3-5-9-19)26(32)22-13-12-20(28-15-14-25(30)31)16-23(22)21-10-6-7-11-24(21)27/h3-13,16,18,28H,14-15,17H2,1-2H3,(H,30,31). The lowest BCUT2D eigenvalue weighted by Gasteiger charge is -2.28. The van der Waals surface area contributed by atoms with Crippen molar-refractivity contribution in [1.29, 1.82) is 0 Å². The SMILES string of the molecule is CC(C)N(Cc1ccccc1)C(=O)c1ccc(NCCC(=O)O)cc1-c1ccccc1F. The number of carboxylic acid groups (broad SMARTS) is 1. The van der Waals surface area contributed by atoms with Gasteiger partial charge in [-0.1, -0.05) is 48.5 Å². The van der Waals surface area contributed by atoms with Gasteiger partial charge >= 0.3 is 5.97 Å². The summed E-state index contributed by atoms with van der Waals surface area (Å²) in [4.78, 5) is 26.2. The largest absolute Gasteiger partial charge is 0.481 e. The van der Waals surface area contributed by atoms with Crippen LogP contribution in [-0.2, 0) is 11.3 Å². The van der Waals surface area contributed by atoms with Crippen LogP contribution in [0, 0.1) is 5.82 Å². The Morgan fingerprint density at radius 2 is 1.66 bits per heavy atom. The molecule has 0 atom stereocenters. The van der Waals surface area contributed by atoms with Gasteiger partial charge in [-0.25, -0.2) is 4.39 Å². The molecule has 0 aliphatic rings. The number of aliphatic carboxylic acids is 1. The number of carboxylic acids is 1. The van der Waals surface area contributed by atoms with Crippen molar-refractivity contribution in [1.82, 2.24) is 4.90 Å². The molecule has 0 spiro atoms. The first-order chi connectivity index (χ1) is 15.4. The lowest BCUT2D eigenvalue weighted by molar-refractivity contribution is -0.136. The van der Waals surface area contributed by atoms with E-state index in [1.807, 2.05) is 44.2 Å². The monoisotopic (exact) mass is 434 g/mol. The summed E-state index contributed by atoms with van der Waals surface area (Å²) in [6, 6.07) is 21.1. The molecule has 0 aliphatic carbocycles.